The molecule has 0 radical (unpaired) electrons. The van der Waals surface area contributed by atoms with Crippen LogP contribution >= 0.6 is 15.9 Å². The molecule has 3 rings (SSSR count). The Morgan fingerprint density at radius 2 is 1.91 bits per heavy atom. The van der Waals surface area contributed by atoms with Crippen LogP contribution in [0, 0.1) is 0 Å². The molecule has 0 N–H and O–H groups in total. The quantitative estimate of drug-likeness (QED) is 0.701. The Labute approximate surface area is 183 Å². The normalized spacial score (nSPS) is 13.0. The van der Waals surface area contributed by atoms with Gasteiger partial charge in [0.05, 0.1) is 12.4 Å². The minimum atomic E-state index is -5.10. The summed E-state index contributed by atoms with van der Waals surface area (Å²) < 4.78 is 50.9. The Hall–Kier alpha value is 0.0113. The van der Waals surface area contributed by atoms with E-state index in [2.05, 4.69) is 15.9 Å². The maximum Gasteiger partial charge on any atom is 1.00 e. The van der Waals surface area contributed by atoms with Crippen LogP contribution in [0.15, 0.2) is 40.9 Å². The molecule has 2 aromatic rings. The summed E-state index contributed by atoms with van der Waals surface area (Å²) in [4.78, 5) is 0. The fourth-order valence-electron chi connectivity index (χ4n) is 2.49. The van der Waals surface area contributed by atoms with Crippen LogP contribution in [0.1, 0.15) is 11.1 Å². The largest absolute Gasteiger partial charge is 1.00 e. The average Bonchev–Trinajstić information content (AvgIpc) is 2.92. The van der Waals surface area contributed by atoms with Crippen LogP contribution in [0.25, 0.3) is 0 Å². The number of ether oxygens (including phenoxy) is 2. The first-order valence-electron chi connectivity index (χ1n) is 6.81. The third kappa shape index (κ3) is 4.55. The zero-order chi connectivity index (χ0) is 15.7. The molecular weight excluding hydrogens is 399 g/mol. The molecule has 0 unspecified atom stereocenters. The molecule has 0 aliphatic carbocycles. The second-order valence-corrected chi connectivity index (χ2v) is 5.97. The van der Waals surface area contributed by atoms with Crippen molar-refractivity contribution in [3.05, 3.63) is 52.0 Å². The van der Waals surface area contributed by atoms with Crippen LogP contribution in [-0.2, 0) is 13.0 Å². The van der Waals surface area contributed by atoms with Gasteiger partial charge in [-0.25, -0.2) is 0 Å². The van der Waals surface area contributed by atoms with Crippen molar-refractivity contribution in [2.24, 2.45) is 0 Å². The van der Waals surface area contributed by atoms with Gasteiger partial charge in [0, 0.05) is 16.5 Å². The van der Waals surface area contributed by atoms with E-state index in [0.29, 0.717) is 6.61 Å². The van der Waals surface area contributed by atoms with Gasteiger partial charge in [0.2, 0.25) is 0 Å². The first-order valence-corrected chi connectivity index (χ1v) is 7.60. The molecule has 8 heteroatoms. The predicted molar refractivity (Wildman–Crippen MR) is 82.8 cm³/mol. The molecule has 0 atom stereocenters. The van der Waals surface area contributed by atoms with Crippen molar-refractivity contribution in [1.82, 2.24) is 0 Å². The summed E-state index contributed by atoms with van der Waals surface area (Å²) >= 11 is 3.40. The first-order chi connectivity index (χ1) is 10.4. The number of hydrogen-bond donors (Lipinski definition) is 0. The maximum atomic E-state index is 13.0. The second-order valence-electron chi connectivity index (χ2n) is 5.05. The van der Waals surface area contributed by atoms with Gasteiger partial charge in [0.15, 0.2) is 0 Å². The van der Waals surface area contributed by atoms with Crippen molar-refractivity contribution in [3.63, 3.8) is 0 Å². The molecule has 23 heavy (non-hydrogen) atoms. The molecule has 1 heterocycles. The molecular formula is C15H12BBrF3KO2. The van der Waals surface area contributed by atoms with Gasteiger partial charge in [-0.1, -0.05) is 39.6 Å². The summed E-state index contributed by atoms with van der Waals surface area (Å²) in [5.74, 6) is 0.569. The summed E-state index contributed by atoms with van der Waals surface area (Å²) in [7, 11) is 0. The van der Waals surface area contributed by atoms with E-state index in [1.165, 1.54) is 18.2 Å². The molecule has 2 nitrogen and oxygen atoms in total. The molecule has 0 saturated carbocycles. The summed E-state index contributed by atoms with van der Waals surface area (Å²) in [5.41, 5.74) is 1.07. The van der Waals surface area contributed by atoms with E-state index in [9.17, 15) is 12.9 Å². The van der Waals surface area contributed by atoms with Crippen molar-refractivity contribution in [3.8, 4) is 11.5 Å². The van der Waals surface area contributed by atoms with E-state index in [-0.39, 0.29) is 63.7 Å². The van der Waals surface area contributed by atoms with E-state index in [1.807, 2.05) is 12.1 Å². The van der Waals surface area contributed by atoms with Crippen LogP contribution in [0.2, 0.25) is 0 Å². The molecule has 0 aromatic heterocycles. The van der Waals surface area contributed by atoms with Crippen molar-refractivity contribution >= 4 is 28.4 Å². The molecule has 1 aliphatic rings. The first kappa shape index (κ1) is 19.3. The zero-order valence-electron chi connectivity index (χ0n) is 12.5. The average molecular weight is 411 g/mol. The maximum absolute atomic E-state index is 13.0. The standard InChI is InChI=1S/C15H12BBrF3O2.K/c17-12-7-10-5-6-21-15(10)11(8-12)9-22-14-4-2-1-3-13(14)16(18,19)20;/h1-4,7-8H,5-6,9H2;/q-1;+1. The van der Waals surface area contributed by atoms with Gasteiger partial charge in [-0.3, -0.25) is 0 Å². The van der Waals surface area contributed by atoms with E-state index >= 15 is 0 Å². The molecule has 0 saturated heterocycles. The fourth-order valence-corrected chi connectivity index (χ4v) is 3.04. The third-order valence-electron chi connectivity index (χ3n) is 3.48. The number of benzene rings is 2. The van der Waals surface area contributed by atoms with Crippen molar-refractivity contribution in [2.75, 3.05) is 6.61 Å². The Kier molecular flexibility index (Phi) is 6.67. The van der Waals surface area contributed by atoms with Crippen LogP contribution in [0.4, 0.5) is 12.9 Å². The van der Waals surface area contributed by atoms with Crippen LogP contribution in [0.5, 0.6) is 11.5 Å². The minimum Gasteiger partial charge on any atom is -0.493 e. The minimum absolute atomic E-state index is 0. The van der Waals surface area contributed by atoms with Crippen molar-refractivity contribution < 1.29 is 73.8 Å². The number of halogens is 4. The molecule has 0 bridgehead atoms. The predicted octanol–water partition coefficient (Wildman–Crippen LogP) is 1.02. The van der Waals surface area contributed by atoms with Gasteiger partial charge < -0.3 is 22.4 Å². The van der Waals surface area contributed by atoms with Gasteiger partial charge in [-0.05, 0) is 23.8 Å². The van der Waals surface area contributed by atoms with Gasteiger partial charge in [0.25, 0.3) is 0 Å². The Balaban J connectivity index is 0.00000192. The molecule has 0 fully saturated rings. The molecule has 0 amide bonds. The monoisotopic (exact) mass is 410 g/mol. The fraction of sp³-hybridized carbons (Fsp3) is 0.200. The molecule has 1 aliphatic heterocycles. The topological polar surface area (TPSA) is 18.5 Å². The van der Waals surface area contributed by atoms with Gasteiger partial charge in [-0.15, -0.1) is 0 Å². The van der Waals surface area contributed by atoms with Crippen molar-refractivity contribution in [1.29, 1.82) is 0 Å². The van der Waals surface area contributed by atoms with E-state index in [4.69, 9.17) is 9.47 Å². The summed E-state index contributed by atoms with van der Waals surface area (Å²) in [6.07, 6.45) is 0.796. The Morgan fingerprint density at radius 1 is 1.17 bits per heavy atom. The molecule has 0 spiro atoms. The number of rotatable bonds is 4. The van der Waals surface area contributed by atoms with Gasteiger partial charge in [0.1, 0.15) is 12.4 Å². The number of fused-ring (bicyclic) bond motifs is 1. The number of hydrogen-bond acceptors (Lipinski definition) is 2. The SMILES string of the molecule is F[B-](F)(F)c1ccccc1OCc1cc(Br)cc2c1OCC2.[K+]. The van der Waals surface area contributed by atoms with Crippen LogP contribution in [-0.4, -0.2) is 13.6 Å². The summed E-state index contributed by atoms with van der Waals surface area (Å²) in [6.45, 7) is -4.48. The zero-order valence-corrected chi connectivity index (χ0v) is 17.2. The summed E-state index contributed by atoms with van der Waals surface area (Å²) in [5, 5.41) is 0. The van der Waals surface area contributed by atoms with Crippen molar-refractivity contribution in [2.45, 2.75) is 13.0 Å². The Morgan fingerprint density at radius 3 is 2.65 bits per heavy atom. The summed E-state index contributed by atoms with van der Waals surface area (Å²) in [6, 6.07) is 9.03. The van der Waals surface area contributed by atoms with Crippen LogP contribution in [0.3, 0.4) is 0 Å². The van der Waals surface area contributed by atoms with Crippen LogP contribution < -0.4 is 66.3 Å². The van der Waals surface area contributed by atoms with Gasteiger partial charge >= 0.3 is 58.4 Å². The Bertz CT molecular complexity index is 710. The molecule has 116 valence electrons. The smallest absolute Gasteiger partial charge is 0.493 e. The number of para-hydroxylation sites is 1. The van der Waals surface area contributed by atoms with E-state index < -0.39 is 12.4 Å². The third-order valence-corrected chi connectivity index (χ3v) is 3.94. The molecule has 2 aromatic carbocycles. The van der Waals surface area contributed by atoms with Gasteiger partial charge in [-0.2, -0.15) is 0 Å². The second kappa shape index (κ2) is 7.93. The van der Waals surface area contributed by atoms with E-state index in [0.717, 1.165) is 33.8 Å². The van der Waals surface area contributed by atoms with E-state index in [1.54, 1.807) is 0 Å².